The van der Waals surface area contributed by atoms with E-state index >= 15 is 0 Å². The highest BCUT2D eigenvalue weighted by Crippen LogP contribution is 2.21. The van der Waals surface area contributed by atoms with Crippen molar-refractivity contribution in [2.75, 3.05) is 19.6 Å². The predicted octanol–water partition coefficient (Wildman–Crippen LogP) is 2.01. The number of hydrogen-bond acceptors (Lipinski definition) is 2. The van der Waals surface area contributed by atoms with E-state index in [2.05, 4.69) is 12.2 Å². The molecule has 1 aliphatic heterocycles. The average molecular weight is 224 g/mol. The Kier molecular flexibility index (Phi) is 4.40. The monoisotopic (exact) mass is 224 g/mol. The fourth-order valence-corrected chi connectivity index (χ4v) is 1.85. The van der Waals surface area contributed by atoms with Crippen LogP contribution in [0.15, 0.2) is 0 Å². The minimum Gasteiger partial charge on any atom is -0.311 e. The lowest BCUT2D eigenvalue weighted by molar-refractivity contribution is -0.139. The molecule has 0 spiro atoms. The molecule has 15 heavy (non-hydrogen) atoms. The van der Waals surface area contributed by atoms with Gasteiger partial charge in [0.15, 0.2) is 0 Å². The van der Waals surface area contributed by atoms with Gasteiger partial charge in [0, 0.05) is 31.7 Å². The summed E-state index contributed by atoms with van der Waals surface area (Å²) >= 11 is 0. The smallest absolute Gasteiger partial charge is 0.311 e. The number of piperazine rings is 1. The Morgan fingerprint density at radius 3 is 2.60 bits per heavy atom. The third kappa shape index (κ3) is 4.38. The van der Waals surface area contributed by atoms with Crippen molar-refractivity contribution in [1.82, 2.24) is 10.2 Å². The zero-order valence-corrected chi connectivity index (χ0v) is 9.27. The molecule has 0 bridgehead atoms. The standard InChI is InChI=1S/C10H19F3N2/c1-3-9-7-15(8(2)6-14-9)5-4-10(11,12)13/h8-9,14H,3-7H2,1-2H3. The van der Waals surface area contributed by atoms with Crippen LogP contribution in [0.4, 0.5) is 13.2 Å². The maximum Gasteiger partial charge on any atom is 0.390 e. The van der Waals surface area contributed by atoms with E-state index in [9.17, 15) is 13.2 Å². The van der Waals surface area contributed by atoms with Crippen LogP contribution in [0.3, 0.4) is 0 Å². The molecule has 1 fully saturated rings. The van der Waals surface area contributed by atoms with Gasteiger partial charge in [-0.2, -0.15) is 13.2 Å². The third-order valence-electron chi connectivity index (χ3n) is 2.96. The van der Waals surface area contributed by atoms with Crippen molar-refractivity contribution >= 4 is 0 Å². The van der Waals surface area contributed by atoms with Gasteiger partial charge in [-0.25, -0.2) is 0 Å². The Balaban J connectivity index is 2.38. The van der Waals surface area contributed by atoms with Gasteiger partial charge >= 0.3 is 6.18 Å². The van der Waals surface area contributed by atoms with Crippen molar-refractivity contribution in [3.63, 3.8) is 0 Å². The number of alkyl halides is 3. The predicted molar refractivity (Wildman–Crippen MR) is 53.8 cm³/mol. The molecular weight excluding hydrogens is 205 g/mol. The van der Waals surface area contributed by atoms with Crippen LogP contribution < -0.4 is 5.32 Å². The Labute approximate surface area is 88.8 Å². The van der Waals surface area contributed by atoms with Crippen molar-refractivity contribution in [2.45, 2.75) is 44.9 Å². The quantitative estimate of drug-likeness (QED) is 0.789. The van der Waals surface area contributed by atoms with Crippen LogP contribution in [0.25, 0.3) is 0 Å². The molecule has 5 heteroatoms. The molecule has 0 saturated carbocycles. The van der Waals surface area contributed by atoms with E-state index < -0.39 is 12.6 Å². The molecule has 1 N–H and O–H groups in total. The van der Waals surface area contributed by atoms with E-state index in [0.29, 0.717) is 6.04 Å². The van der Waals surface area contributed by atoms with Gasteiger partial charge in [0.25, 0.3) is 0 Å². The first-order valence-corrected chi connectivity index (χ1v) is 5.46. The number of hydrogen-bond donors (Lipinski definition) is 1. The van der Waals surface area contributed by atoms with Crippen LogP contribution in [0.5, 0.6) is 0 Å². The van der Waals surface area contributed by atoms with Gasteiger partial charge in [0.1, 0.15) is 0 Å². The third-order valence-corrected chi connectivity index (χ3v) is 2.96. The molecule has 0 aromatic heterocycles. The zero-order valence-electron chi connectivity index (χ0n) is 9.27. The maximum atomic E-state index is 12.1. The van der Waals surface area contributed by atoms with Crippen LogP contribution in [-0.2, 0) is 0 Å². The first-order valence-electron chi connectivity index (χ1n) is 5.46. The lowest BCUT2D eigenvalue weighted by Gasteiger charge is -2.38. The lowest BCUT2D eigenvalue weighted by Crippen LogP contribution is -2.55. The van der Waals surface area contributed by atoms with E-state index in [4.69, 9.17) is 0 Å². The Morgan fingerprint density at radius 1 is 1.40 bits per heavy atom. The molecule has 1 rings (SSSR count). The molecule has 0 aromatic carbocycles. The lowest BCUT2D eigenvalue weighted by atomic mass is 10.1. The molecule has 0 radical (unpaired) electrons. The van der Waals surface area contributed by atoms with Crippen LogP contribution in [-0.4, -0.2) is 42.8 Å². The summed E-state index contributed by atoms with van der Waals surface area (Å²) in [7, 11) is 0. The van der Waals surface area contributed by atoms with E-state index in [-0.39, 0.29) is 12.6 Å². The van der Waals surface area contributed by atoms with Crippen molar-refractivity contribution in [2.24, 2.45) is 0 Å². The second-order valence-electron chi connectivity index (χ2n) is 4.22. The number of rotatable bonds is 3. The van der Waals surface area contributed by atoms with Crippen LogP contribution in [0.2, 0.25) is 0 Å². The topological polar surface area (TPSA) is 15.3 Å². The summed E-state index contributed by atoms with van der Waals surface area (Å²) in [6, 6.07) is 0.546. The minimum atomic E-state index is -4.04. The van der Waals surface area contributed by atoms with Crippen LogP contribution in [0, 0.1) is 0 Å². The van der Waals surface area contributed by atoms with Gasteiger partial charge in [0.2, 0.25) is 0 Å². The molecule has 2 unspecified atom stereocenters. The molecule has 1 heterocycles. The normalized spacial score (nSPS) is 29.4. The summed E-state index contributed by atoms with van der Waals surface area (Å²) < 4.78 is 36.2. The first-order chi connectivity index (χ1) is 6.92. The summed E-state index contributed by atoms with van der Waals surface area (Å²) in [4.78, 5) is 1.93. The highest BCUT2D eigenvalue weighted by atomic mass is 19.4. The van der Waals surface area contributed by atoms with E-state index in [1.165, 1.54) is 0 Å². The molecule has 2 atom stereocenters. The zero-order chi connectivity index (χ0) is 11.5. The Morgan fingerprint density at radius 2 is 2.07 bits per heavy atom. The van der Waals surface area contributed by atoms with Gasteiger partial charge in [-0.15, -0.1) is 0 Å². The Bertz CT molecular complexity index is 194. The first kappa shape index (κ1) is 12.8. The molecule has 0 aromatic rings. The number of nitrogens with zero attached hydrogens (tertiary/aromatic N) is 1. The fourth-order valence-electron chi connectivity index (χ4n) is 1.85. The van der Waals surface area contributed by atoms with Crippen LogP contribution >= 0.6 is 0 Å². The van der Waals surface area contributed by atoms with Gasteiger partial charge in [-0.1, -0.05) is 6.92 Å². The second kappa shape index (κ2) is 5.16. The Hall–Kier alpha value is -0.290. The summed E-state index contributed by atoms with van der Waals surface area (Å²) in [5.74, 6) is 0. The fraction of sp³-hybridized carbons (Fsp3) is 1.00. The summed E-state index contributed by atoms with van der Waals surface area (Å²) in [5, 5.41) is 3.32. The molecule has 1 saturated heterocycles. The van der Waals surface area contributed by atoms with Crippen molar-refractivity contribution in [3.8, 4) is 0 Å². The number of nitrogens with one attached hydrogen (secondary N) is 1. The van der Waals surface area contributed by atoms with Crippen LogP contribution in [0.1, 0.15) is 26.7 Å². The van der Waals surface area contributed by atoms with Gasteiger partial charge in [0.05, 0.1) is 6.42 Å². The van der Waals surface area contributed by atoms with E-state index in [0.717, 1.165) is 19.5 Å². The van der Waals surface area contributed by atoms with Crippen molar-refractivity contribution in [1.29, 1.82) is 0 Å². The summed E-state index contributed by atoms with van der Waals surface area (Å²) in [5.41, 5.74) is 0. The van der Waals surface area contributed by atoms with Gasteiger partial charge in [-0.3, -0.25) is 4.90 Å². The molecule has 0 aliphatic carbocycles. The largest absolute Gasteiger partial charge is 0.390 e. The second-order valence-corrected chi connectivity index (χ2v) is 4.22. The van der Waals surface area contributed by atoms with E-state index in [1.807, 2.05) is 11.8 Å². The average Bonchev–Trinajstić information content (AvgIpc) is 2.15. The number of halogens is 3. The summed E-state index contributed by atoms with van der Waals surface area (Å²) in [6.45, 7) is 5.66. The maximum absolute atomic E-state index is 12.1. The minimum absolute atomic E-state index is 0.128. The molecule has 90 valence electrons. The van der Waals surface area contributed by atoms with Gasteiger partial charge in [-0.05, 0) is 13.3 Å². The molecular formula is C10H19F3N2. The molecule has 1 aliphatic rings. The van der Waals surface area contributed by atoms with E-state index in [1.54, 1.807) is 0 Å². The SMILES string of the molecule is CCC1CN(CCC(F)(F)F)C(C)CN1. The highest BCUT2D eigenvalue weighted by Gasteiger charge is 2.30. The molecule has 2 nitrogen and oxygen atoms in total. The highest BCUT2D eigenvalue weighted by molar-refractivity contribution is 4.83. The molecule has 0 amide bonds. The summed E-state index contributed by atoms with van der Waals surface area (Å²) in [6.07, 6.45) is -3.77. The van der Waals surface area contributed by atoms with Crippen molar-refractivity contribution in [3.05, 3.63) is 0 Å². The van der Waals surface area contributed by atoms with Gasteiger partial charge < -0.3 is 5.32 Å². The van der Waals surface area contributed by atoms with Crippen molar-refractivity contribution < 1.29 is 13.2 Å².